The Bertz CT molecular complexity index is 1500. The molecule has 1 aromatic carbocycles. The Balaban J connectivity index is 1.50. The van der Waals surface area contributed by atoms with E-state index < -0.39 is 0 Å². The lowest BCUT2D eigenvalue weighted by molar-refractivity contribution is 0.0818. The second-order valence-electron chi connectivity index (χ2n) is 9.06. The number of nitrogens with zero attached hydrogens (tertiary/aromatic N) is 4. The maximum atomic E-state index is 12.4. The van der Waals surface area contributed by atoms with Crippen LogP contribution in [-0.2, 0) is 4.74 Å². The SMILES string of the molecule is COc1cc(-c2cc3nccc(-c4ccc(NC5CCOCC5)c(C#N)c4)c3o2)cnc1C(=O)N(C)C. The number of ether oxygens (including phenoxy) is 2. The van der Waals surface area contributed by atoms with E-state index >= 15 is 0 Å². The molecule has 37 heavy (non-hydrogen) atoms. The summed E-state index contributed by atoms with van der Waals surface area (Å²) in [6.45, 7) is 1.45. The third kappa shape index (κ3) is 4.84. The maximum absolute atomic E-state index is 12.4. The van der Waals surface area contributed by atoms with Crippen LogP contribution in [0.15, 0.2) is 53.2 Å². The number of hydrogen-bond donors (Lipinski definition) is 1. The van der Waals surface area contributed by atoms with Crippen molar-refractivity contribution in [1.29, 1.82) is 5.26 Å². The second kappa shape index (κ2) is 10.3. The molecule has 9 heteroatoms. The fraction of sp³-hybridized carbons (Fsp3) is 0.286. The number of fused-ring (bicyclic) bond motifs is 1. The van der Waals surface area contributed by atoms with E-state index in [-0.39, 0.29) is 17.6 Å². The van der Waals surface area contributed by atoms with Crippen molar-refractivity contribution < 1.29 is 18.7 Å². The molecule has 1 fully saturated rings. The third-order valence-corrected chi connectivity index (χ3v) is 6.41. The molecule has 0 saturated carbocycles. The molecule has 5 rings (SSSR count). The normalized spacial score (nSPS) is 13.8. The van der Waals surface area contributed by atoms with Crippen molar-refractivity contribution >= 4 is 22.7 Å². The van der Waals surface area contributed by atoms with Gasteiger partial charge in [-0.25, -0.2) is 4.98 Å². The van der Waals surface area contributed by atoms with Crippen LogP contribution >= 0.6 is 0 Å². The Labute approximate surface area is 214 Å². The molecule has 9 nitrogen and oxygen atoms in total. The largest absolute Gasteiger partial charge is 0.494 e. The van der Waals surface area contributed by atoms with Gasteiger partial charge in [0.1, 0.15) is 17.3 Å². The topological polar surface area (TPSA) is 114 Å². The van der Waals surface area contributed by atoms with Gasteiger partial charge in [-0.3, -0.25) is 9.78 Å². The van der Waals surface area contributed by atoms with Crippen LogP contribution in [0, 0.1) is 11.3 Å². The van der Waals surface area contributed by atoms with Crippen LogP contribution in [0.1, 0.15) is 28.9 Å². The van der Waals surface area contributed by atoms with Gasteiger partial charge in [0.25, 0.3) is 5.91 Å². The van der Waals surface area contributed by atoms with Crippen LogP contribution < -0.4 is 10.1 Å². The smallest absolute Gasteiger partial charge is 0.275 e. The monoisotopic (exact) mass is 497 g/mol. The summed E-state index contributed by atoms with van der Waals surface area (Å²) >= 11 is 0. The number of benzene rings is 1. The lowest BCUT2D eigenvalue weighted by atomic mass is 10.0. The molecule has 1 aliphatic rings. The number of anilines is 1. The van der Waals surface area contributed by atoms with Gasteiger partial charge in [-0.05, 0) is 42.7 Å². The van der Waals surface area contributed by atoms with Crippen LogP contribution in [0.4, 0.5) is 5.69 Å². The molecule has 188 valence electrons. The van der Waals surface area contributed by atoms with Gasteiger partial charge < -0.3 is 24.1 Å². The maximum Gasteiger partial charge on any atom is 0.275 e. The Morgan fingerprint density at radius 3 is 2.68 bits per heavy atom. The zero-order valence-corrected chi connectivity index (χ0v) is 20.9. The number of hydrogen-bond acceptors (Lipinski definition) is 8. The highest BCUT2D eigenvalue weighted by molar-refractivity contribution is 5.96. The first-order chi connectivity index (χ1) is 18.0. The fourth-order valence-electron chi connectivity index (χ4n) is 4.41. The number of carbonyl (C=O) groups excluding carboxylic acids is 1. The molecule has 0 bridgehead atoms. The van der Waals surface area contributed by atoms with Crippen molar-refractivity contribution in [2.24, 2.45) is 0 Å². The number of pyridine rings is 2. The number of methoxy groups -OCH3 is 1. The first-order valence-electron chi connectivity index (χ1n) is 12.0. The van der Waals surface area contributed by atoms with Gasteiger partial charge in [0.05, 0.1) is 18.4 Å². The average Bonchev–Trinajstić information content (AvgIpc) is 3.38. The van der Waals surface area contributed by atoms with Gasteiger partial charge in [0.2, 0.25) is 0 Å². The van der Waals surface area contributed by atoms with E-state index in [1.54, 1.807) is 32.6 Å². The quantitative estimate of drug-likeness (QED) is 0.407. The molecule has 4 heterocycles. The minimum absolute atomic E-state index is 0.227. The van der Waals surface area contributed by atoms with E-state index in [0.717, 1.165) is 42.9 Å². The molecule has 4 aromatic rings. The Hall–Kier alpha value is -4.42. The first-order valence-corrected chi connectivity index (χ1v) is 12.0. The summed E-state index contributed by atoms with van der Waals surface area (Å²) in [4.78, 5) is 22.7. The Morgan fingerprint density at radius 2 is 1.95 bits per heavy atom. The third-order valence-electron chi connectivity index (χ3n) is 6.41. The van der Waals surface area contributed by atoms with E-state index in [4.69, 9.17) is 13.9 Å². The second-order valence-corrected chi connectivity index (χ2v) is 9.06. The summed E-state index contributed by atoms with van der Waals surface area (Å²) in [5.74, 6) is 0.652. The average molecular weight is 498 g/mol. The predicted molar refractivity (Wildman–Crippen MR) is 139 cm³/mol. The zero-order chi connectivity index (χ0) is 25.9. The highest BCUT2D eigenvalue weighted by atomic mass is 16.5. The van der Waals surface area contributed by atoms with Crippen molar-refractivity contribution in [1.82, 2.24) is 14.9 Å². The predicted octanol–water partition coefficient (Wildman–Crippen LogP) is 4.73. The van der Waals surface area contributed by atoms with Gasteiger partial charge in [0, 0.05) is 62.9 Å². The van der Waals surface area contributed by atoms with Gasteiger partial charge in [-0.15, -0.1) is 0 Å². The van der Waals surface area contributed by atoms with Crippen molar-refractivity contribution in [3.8, 4) is 34.3 Å². The molecule has 0 radical (unpaired) electrons. The van der Waals surface area contributed by atoms with E-state index in [9.17, 15) is 10.1 Å². The standard InChI is InChI=1S/C28H27N5O4/c1-33(2)28(34)26-25(35-3)13-19(16-31-26)24-14-23-27(37-24)21(6-9-30-23)17-4-5-22(18(12-17)15-29)32-20-7-10-36-11-8-20/h4-6,9,12-14,16,20,32H,7-8,10-11H2,1-3H3. The molecule has 1 amide bonds. The van der Waals surface area contributed by atoms with Crippen molar-refractivity contribution in [3.05, 3.63) is 60.0 Å². The Kier molecular flexibility index (Phi) is 6.75. The van der Waals surface area contributed by atoms with Crippen molar-refractivity contribution in [3.63, 3.8) is 0 Å². The number of carbonyl (C=O) groups is 1. The first kappa shape index (κ1) is 24.3. The van der Waals surface area contributed by atoms with Gasteiger partial charge in [0.15, 0.2) is 17.0 Å². The van der Waals surface area contributed by atoms with Crippen LogP contribution in [-0.4, -0.2) is 61.2 Å². The van der Waals surface area contributed by atoms with E-state index in [1.807, 2.05) is 30.3 Å². The summed E-state index contributed by atoms with van der Waals surface area (Å²) in [6.07, 6.45) is 5.13. The van der Waals surface area contributed by atoms with E-state index in [1.165, 1.54) is 12.0 Å². The van der Waals surface area contributed by atoms with Gasteiger partial charge in [-0.1, -0.05) is 6.07 Å². The fourth-order valence-corrected chi connectivity index (χ4v) is 4.41. The number of furan rings is 1. The molecule has 0 atom stereocenters. The number of nitriles is 1. The minimum atomic E-state index is -0.250. The Morgan fingerprint density at radius 1 is 1.14 bits per heavy atom. The molecule has 0 aliphatic carbocycles. The molecule has 1 N–H and O–H groups in total. The highest BCUT2D eigenvalue weighted by Crippen LogP contribution is 2.36. The van der Waals surface area contributed by atoms with Crippen LogP contribution in [0.5, 0.6) is 5.75 Å². The molecule has 0 unspecified atom stereocenters. The summed E-state index contributed by atoms with van der Waals surface area (Å²) in [5.41, 5.74) is 5.20. The number of aromatic nitrogens is 2. The summed E-state index contributed by atoms with van der Waals surface area (Å²) in [6, 6.07) is 13.8. The number of rotatable bonds is 6. The molecule has 3 aromatic heterocycles. The molecular formula is C28H27N5O4. The van der Waals surface area contributed by atoms with Crippen LogP contribution in [0.2, 0.25) is 0 Å². The highest BCUT2D eigenvalue weighted by Gasteiger charge is 2.20. The minimum Gasteiger partial charge on any atom is -0.494 e. The van der Waals surface area contributed by atoms with Crippen LogP contribution in [0.3, 0.4) is 0 Å². The van der Waals surface area contributed by atoms with Crippen LogP contribution in [0.25, 0.3) is 33.6 Å². The lowest BCUT2D eigenvalue weighted by Crippen LogP contribution is -2.28. The van der Waals surface area contributed by atoms with Crippen molar-refractivity contribution in [2.45, 2.75) is 18.9 Å². The molecule has 1 aliphatic heterocycles. The van der Waals surface area contributed by atoms with E-state index in [2.05, 4.69) is 21.4 Å². The summed E-state index contributed by atoms with van der Waals surface area (Å²) in [5, 5.41) is 13.3. The van der Waals surface area contributed by atoms with E-state index in [0.29, 0.717) is 33.7 Å². The number of nitrogens with one attached hydrogen (secondary N) is 1. The molecule has 1 saturated heterocycles. The number of amides is 1. The molecule has 0 spiro atoms. The molecular weight excluding hydrogens is 470 g/mol. The summed E-state index contributed by atoms with van der Waals surface area (Å²) < 4.78 is 17.1. The lowest BCUT2D eigenvalue weighted by Gasteiger charge is -2.24. The van der Waals surface area contributed by atoms with Gasteiger partial charge >= 0.3 is 0 Å². The van der Waals surface area contributed by atoms with Gasteiger partial charge in [-0.2, -0.15) is 5.26 Å². The summed E-state index contributed by atoms with van der Waals surface area (Å²) in [7, 11) is 4.82. The van der Waals surface area contributed by atoms with Crippen molar-refractivity contribution in [2.75, 3.05) is 39.7 Å². The zero-order valence-electron chi connectivity index (χ0n) is 20.9.